The molecule has 24 heavy (non-hydrogen) atoms. The van der Waals surface area contributed by atoms with Crippen LogP contribution < -0.4 is 0 Å². The van der Waals surface area contributed by atoms with Gasteiger partial charge in [-0.25, -0.2) is 0 Å². The monoisotopic (exact) mass is 332 g/mol. The molecule has 1 aromatic heterocycles. The van der Waals surface area contributed by atoms with Crippen LogP contribution in [0.15, 0.2) is 24.5 Å². The van der Waals surface area contributed by atoms with Crippen molar-refractivity contribution in [1.82, 2.24) is 19.7 Å². The summed E-state index contributed by atoms with van der Waals surface area (Å²) in [6.45, 7) is 6.43. The highest BCUT2D eigenvalue weighted by molar-refractivity contribution is 5.78. The summed E-state index contributed by atoms with van der Waals surface area (Å²) in [4.78, 5) is 23.2. The third-order valence-electron chi connectivity index (χ3n) is 4.91. The number of aliphatic hydroxyl groups excluding tert-OH is 1. The Labute approximate surface area is 144 Å². The lowest BCUT2D eigenvalue weighted by Crippen LogP contribution is -2.46. The van der Waals surface area contributed by atoms with Gasteiger partial charge in [-0.15, -0.1) is 0 Å². The van der Waals surface area contributed by atoms with Gasteiger partial charge in [-0.3, -0.25) is 19.6 Å². The molecule has 6 heteroatoms. The van der Waals surface area contributed by atoms with Gasteiger partial charge >= 0.3 is 0 Å². The first-order chi connectivity index (χ1) is 11.7. The summed E-state index contributed by atoms with van der Waals surface area (Å²) in [5.74, 6) is 0.201. The zero-order valence-electron chi connectivity index (χ0n) is 14.3. The molecule has 3 heterocycles. The predicted octanol–water partition coefficient (Wildman–Crippen LogP) is 0.573. The molecule has 1 amide bonds. The number of rotatable bonds is 4. The van der Waals surface area contributed by atoms with E-state index in [4.69, 9.17) is 0 Å². The van der Waals surface area contributed by atoms with Gasteiger partial charge in [-0.05, 0) is 37.4 Å². The summed E-state index contributed by atoms with van der Waals surface area (Å²) < 4.78 is 0. The van der Waals surface area contributed by atoms with Gasteiger partial charge in [-0.2, -0.15) is 0 Å². The fourth-order valence-electron chi connectivity index (χ4n) is 3.59. The highest BCUT2D eigenvalue weighted by Crippen LogP contribution is 2.12. The molecular formula is C18H28N4O2. The molecule has 0 aliphatic carbocycles. The van der Waals surface area contributed by atoms with Crippen LogP contribution in [-0.2, 0) is 11.3 Å². The van der Waals surface area contributed by atoms with E-state index in [9.17, 15) is 9.90 Å². The smallest absolute Gasteiger partial charge is 0.236 e. The number of hydrogen-bond donors (Lipinski definition) is 1. The largest absolute Gasteiger partial charge is 0.392 e. The van der Waals surface area contributed by atoms with E-state index in [0.717, 1.165) is 58.5 Å². The molecule has 2 aliphatic rings. The van der Waals surface area contributed by atoms with E-state index in [0.29, 0.717) is 13.1 Å². The molecule has 0 bridgehead atoms. The number of carbonyl (C=O) groups is 1. The minimum Gasteiger partial charge on any atom is -0.392 e. The number of carbonyl (C=O) groups excluding carboxylic acids is 1. The average Bonchev–Trinajstić information content (AvgIpc) is 2.81. The second-order valence-electron chi connectivity index (χ2n) is 6.90. The number of nitrogens with zero attached hydrogens (tertiary/aromatic N) is 4. The maximum Gasteiger partial charge on any atom is 0.236 e. The average molecular weight is 332 g/mol. The maximum absolute atomic E-state index is 12.6. The summed E-state index contributed by atoms with van der Waals surface area (Å²) in [6.07, 6.45) is 6.28. The van der Waals surface area contributed by atoms with Crippen LogP contribution in [0, 0.1) is 0 Å². The van der Waals surface area contributed by atoms with E-state index in [1.165, 1.54) is 5.56 Å². The van der Waals surface area contributed by atoms with Crippen molar-refractivity contribution in [2.75, 3.05) is 45.8 Å². The number of β-amino-alcohol motifs (C(OH)–C–C–N with tert-alkyl or cyclic N) is 1. The van der Waals surface area contributed by atoms with Gasteiger partial charge in [-0.1, -0.05) is 6.07 Å². The molecular weight excluding hydrogens is 304 g/mol. The minimum absolute atomic E-state index is 0.201. The maximum atomic E-state index is 12.6. The van der Waals surface area contributed by atoms with E-state index in [-0.39, 0.29) is 12.0 Å². The zero-order valence-corrected chi connectivity index (χ0v) is 14.3. The van der Waals surface area contributed by atoms with Crippen LogP contribution in [0.2, 0.25) is 0 Å². The predicted molar refractivity (Wildman–Crippen MR) is 92.4 cm³/mol. The lowest BCUT2D eigenvalue weighted by molar-refractivity contribution is -0.133. The van der Waals surface area contributed by atoms with Gasteiger partial charge in [0.2, 0.25) is 5.91 Å². The number of aliphatic hydroxyl groups is 1. The number of piperidine rings is 1. The van der Waals surface area contributed by atoms with E-state index in [2.05, 4.69) is 20.9 Å². The van der Waals surface area contributed by atoms with Crippen LogP contribution in [0.25, 0.3) is 0 Å². The van der Waals surface area contributed by atoms with Crippen LogP contribution in [-0.4, -0.2) is 82.6 Å². The topological polar surface area (TPSA) is 59.9 Å². The molecule has 0 spiro atoms. The van der Waals surface area contributed by atoms with Crippen molar-refractivity contribution in [3.8, 4) is 0 Å². The Morgan fingerprint density at radius 3 is 2.83 bits per heavy atom. The summed E-state index contributed by atoms with van der Waals surface area (Å²) in [5.41, 5.74) is 1.22. The van der Waals surface area contributed by atoms with Crippen molar-refractivity contribution in [3.05, 3.63) is 30.1 Å². The van der Waals surface area contributed by atoms with Gasteiger partial charge in [0.15, 0.2) is 0 Å². The van der Waals surface area contributed by atoms with Crippen LogP contribution in [0.1, 0.15) is 24.8 Å². The molecule has 1 unspecified atom stereocenters. The lowest BCUT2D eigenvalue weighted by atomic mass is 10.1. The summed E-state index contributed by atoms with van der Waals surface area (Å²) in [7, 11) is 0. The fraction of sp³-hybridized carbons (Fsp3) is 0.667. The van der Waals surface area contributed by atoms with Crippen molar-refractivity contribution >= 4 is 5.91 Å². The summed E-state index contributed by atoms with van der Waals surface area (Å²) in [5, 5.41) is 9.74. The Hall–Kier alpha value is -1.50. The second-order valence-corrected chi connectivity index (χ2v) is 6.90. The number of hydrogen-bond acceptors (Lipinski definition) is 5. The van der Waals surface area contributed by atoms with Gasteiger partial charge in [0, 0.05) is 51.7 Å². The Kier molecular flexibility index (Phi) is 6.18. The standard InChI is InChI=1S/C18H28N4O2/c23-17-5-2-7-21(14-17)15-18(24)22-9-3-8-20(10-11-22)13-16-4-1-6-19-12-16/h1,4,6,12,17,23H,2-3,5,7-11,13-15H2. The van der Waals surface area contributed by atoms with Crippen LogP contribution in [0.5, 0.6) is 0 Å². The van der Waals surface area contributed by atoms with Gasteiger partial charge in [0.1, 0.15) is 0 Å². The highest BCUT2D eigenvalue weighted by atomic mass is 16.3. The fourth-order valence-corrected chi connectivity index (χ4v) is 3.59. The number of likely N-dealkylation sites (tertiary alicyclic amines) is 1. The molecule has 0 saturated carbocycles. The van der Waals surface area contributed by atoms with E-state index in [1.807, 2.05) is 17.2 Å². The highest BCUT2D eigenvalue weighted by Gasteiger charge is 2.24. The van der Waals surface area contributed by atoms with Crippen LogP contribution >= 0.6 is 0 Å². The van der Waals surface area contributed by atoms with E-state index < -0.39 is 0 Å². The molecule has 2 saturated heterocycles. The third kappa shape index (κ3) is 5.00. The van der Waals surface area contributed by atoms with Gasteiger partial charge in [0.25, 0.3) is 0 Å². The Balaban J connectivity index is 1.47. The zero-order chi connectivity index (χ0) is 16.8. The first-order valence-electron chi connectivity index (χ1n) is 9.00. The normalized spacial score (nSPS) is 23.9. The SMILES string of the molecule is O=C(CN1CCCC(O)C1)N1CCCN(Cc2cccnc2)CC1. The van der Waals surface area contributed by atoms with Crippen LogP contribution in [0.3, 0.4) is 0 Å². The van der Waals surface area contributed by atoms with E-state index in [1.54, 1.807) is 6.20 Å². The number of aromatic nitrogens is 1. The molecule has 2 fully saturated rings. The summed E-state index contributed by atoms with van der Waals surface area (Å²) in [6, 6.07) is 4.07. The molecule has 132 valence electrons. The minimum atomic E-state index is -0.273. The number of pyridine rings is 1. The molecule has 2 aliphatic heterocycles. The molecule has 1 N–H and O–H groups in total. The van der Waals surface area contributed by atoms with Gasteiger partial charge in [0.05, 0.1) is 12.6 Å². The molecule has 3 rings (SSSR count). The third-order valence-corrected chi connectivity index (χ3v) is 4.91. The molecule has 0 radical (unpaired) electrons. The molecule has 1 atom stereocenters. The quantitative estimate of drug-likeness (QED) is 0.874. The Morgan fingerprint density at radius 2 is 2.04 bits per heavy atom. The molecule has 1 aromatic rings. The first-order valence-corrected chi connectivity index (χ1v) is 9.00. The molecule has 6 nitrogen and oxygen atoms in total. The molecule has 0 aromatic carbocycles. The summed E-state index contributed by atoms with van der Waals surface area (Å²) >= 11 is 0. The Bertz CT molecular complexity index is 525. The van der Waals surface area contributed by atoms with E-state index >= 15 is 0 Å². The van der Waals surface area contributed by atoms with Gasteiger partial charge < -0.3 is 10.0 Å². The second kappa shape index (κ2) is 8.55. The van der Waals surface area contributed by atoms with Crippen LogP contribution in [0.4, 0.5) is 0 Å². The Morgan fingerprint density at radius 1 is 1.17 bits per heavy atom. The first kappa shape index (κ1) is 17.3. The van der Waals surface area contributed by atoms with Crippen molar-refractivity contribution < 1.29 is 9.90 Å². The van der Waals surface area contributed by atoms with Crippen molar-refractivity contribution in [1.29, 1.82) is 0 Å². The lowest BCUT2D eigenvalue weighted by Gasteiger charge is -2.31. The van der Waals surface area contributed by atoms with Crippen molar-refractivity contribution in [3.63, 3.8) is 0 Å². The van der Waals surface area contributed by atoms with Crippen molar-refractivity contribution in [2.24, 2.45) is 0 Å². The number of amides is 1. The van der Waals surface area contributed by atoms with Crippen molar-refractivity contribution in [2.45, 2.75) is 31.9 Å².